The zero-order valence-electron chi connectivity index (χ0n) is 19.2. The Balaban J connectivity index is 1.46. The Morgan fingerprint density at radius 3 is 2.56 bits per heavy atom. The van der Waals surface area contributed by atoms with Gasteiger partial charge in [-0.25, -0.2) is 9.37 Å². The van der Waals surface area contributed by atoms with Crippen molar-refractivity contribution in [1.29, 1.82) is 0 Å². The van der Waals surface area contributed by atoms with Crippen molar-refractivity contribution in [2.75, 3.05) is 30.4 Å². The summed E-state index contributed by atoms with van der Waals surface area (Å²) in [6.07, 6.45) is 1.33. The zero-order valence-corrected chi connectivity index (χ0v) is 19.2. The second kappa shape index (κ2) is 9.73. The lowest BCUT2D eigenvalue weighted by atomic mass is 10.0. The molecular weight excluding hydrogens is 429 g/mol. The highest BCUT2D eigenvalue weighted by molar-refractivity contribution is 6.19. The number of alkyl halides is 1. The van der Waals surface area contributed by atoms with Crippen LogP contribution in [0.25, 0.3) is 0 Å². The van der Waals surface area contributed by atoms with Crippen molar-refractivity contribution < 1.29 is 9.18 Å². The van der Waals surface area contributed by atoms with E-state index in [0.717, 1.165) is 33.9 Å². The molecule has 3 aromatic rings. The standard InChI is InChI=1S/C27H28FN5O/c1-32(18-20-10-7-15-29-25(20)33-16-13-21(28)14-17-33)26-27(34)30-23-12-6-5-11-22(23)24(31-26)19-8-3-2-4-9-19/h2-12,15,21,26H,13-14,16-18H2,1H3,(H,30,34). The van der Waals surface area contributed by atoms with Crippen molar-refractivity contribution in [1.82, 2.24) is 9.88 Å². The molecule has 1 fully saturated rings. The fourth-order valence-electron chi connectivity index (χ4n) is 4.62. The summed E-state index contributed by atoms with van der Waals surface area (Å²) in [7, 11) is 1.90. The molecule has 0 saturated carbocycles. The van der Waals surface area contributed by atoms with E-state index in [1.165, 1.54) is 0 Å². The van der Waals surface area contributed by atoms with Crippen LogP contribution in [0.5, 0.6) is 0 Å². The molecule has 1 saturated heterocycles. The number of halogens is 1. The summed E-state index contributed by atoms with van der Waals surface area (Å²) in [6.45, 7) is 1.77. The lowest BCUT2D eigenvalue weighted by Gasteiger charge is -2.32. The van der Waals surface area contributed by atoms with Gasteiger partial charge >= 0.3 is 0 Å². The number of rotatable bonds is 5. The number of fused-ring (bicyclic) bond motifs is 1. The number of aromatic nitrogens is 1. The summed E-state index contributed by atoms with van der Waals surface area (Å²) in [4.78, 5) is 26.9. The number of carbonyl (C=O) groups is 1. The largest absolute Gasteiger partial charge is 0.356 e. The highest BCUT2D eigenvalue weighted by atomic mass is 19.1. The number of anilines is 2. The highest BCUT2D eigenvalue weighted by Gasteiger charge is 2.30. The van der Waals surface area contributed by atoms with E-state index in [0.29, 0.717) is 32.5 Å². The topological polar surface area (TPSA) is 60.8 Å². The van der Waals surface area contributed by atoms with Crippen molar-refractivity contribution in [2.24, 2.45) is 4.99 Å². The molecule has 1 unspecified atom stereocenters. The first-order valence-electron chi connectivity index (χ1n) is 11.7. The lowest BCUT2D eigenvalue weighted by molar-refractivity contribution is -0.120. The van der Waals surface area contributed by atoms with Crippen molar-refractivity contribution in [3.8, 4) is 0 Å². The fourth-order valence-corrected chi connectivity index (χ4v) is 4.62. The van der Waals surface area contributed by atoms with E-state index in [1.54, 1.807) is 6.20 Å². The monoisotopic (exact) mass is 457 g/mol. The van der Waals surface area contributed by atoms with Crippen molar-refractivity contribution in [3.63, 3.8) is 0 Å². The maximum Gasteiger partial charge on any atom is 0.264 e. The molecule has 0 radical (unpaired) electrons. The molecule has 3 heterocycles. The summed E-state index contributed by atoms with van der Waals surface area (Å²) in [6, 6.07) is 21.6. The third-order valence-corrected chi connectivity index (χ3v) is 6.40. The third kappa shape index (κ3) is 4.56. The molecule has 0 aliphatic carbocycles. The van der Waals surface area contributed by atoms with Gasteiger partial charge in [0.1, 0.15) is 12.0 Å². The molecule has 0 bridgehead atoms. The van der Waals surface area contributed by atoms with E-state index in [9.17, 15) is 9.18 Å². The lowest BCUT2D eigenvalue weighted by Crippen LogP contribution is -2.41. The van der Waals surface area contributed by atoms with Crippen LogP contribution in [0.15, 0.2) is 77.9 Å². The van der Waals surface area contributed by atoms with Crippen LogP contribution in [0.4, 0.5) is 15.9 Å². The van der Waals surface area contributed by atoms with Gasteiger partial charge in [-0.3, -0.25) is 14.7 Å². The average Bonchev–Trinajstić information content (AvgIpc) is 3.01. The Labute approximate surface area is 199 Å². The zero-order chi connectivity index (χ0) is 23.5. The van der Waals surface area contributed by atoms with Gasteiger partial charge in [-0.1, -0.05) is 54.6 Å². The summed E-state index contributed by atoms with van der Waals surface area (Å²) in [5.41, 5.74) is 4.38. The summed E-state index contributed by atoms with van der Waals surface area (Å²) < 4.78 is 13.7. The van der Waals surface area contributed by atoms with Crippen LogP contribution in [0.3, 0.4) is 0 Å². The number of pyridine rings is 1. The average molecular weight is 458 g/mol. The van der Waals surface area contributed by atoms with Crippen LogP contribution < -0.4 is 10.2 Å². The molecule has 2 aliphatic rings. The SMILES string of the molecule is CN(Cc1cccnc1N1CCC(F)CC1)C1N=C(c2ccccc2)c2ccccc2NC1=O. The number of benzodiazepines with no additional fused rings is 1. The number of likely N-dealkylation sites (N-methyl/N-ethyl adjacent to an activating group) is 1. The van der Waals surface area contributed by atoms with Crippen LogP contribution >= 0.6 is 0 Å². The number of nitrogens with zero attached hydrogens (tertiary/aromatic N) is 4. The minimum absolute atomic E-state index is 0.176. The van der Waals surface area contributed by atoms with Crippen molar-refractivity contribution >= 4 is 23.1 Å². The van der Waals surface area contributed by atoms with Gasteiger partial charge in [0.25, 0.3) is 5.91 Å². The van der Waals surface area contributed by atoms with Gasteiger partial charge < -0.3 is 10.2 Å². The van der Waals surface area contributed by atoms with E-state index >= 15 is 0 Å². The number of piperidine rings is 1. The Hall–Kier alpha value is -3.58. The summed E-state index contributed by atoms with van der Waals surface area (Å²) in [5, 5.41) is 3.06. The Morgan fingerprint density at radius 2 is 1.76 bits per heavy atom. The van der Waals surface area contributed by atoms with Gasteiger partial charge in [0.05, 0.1) is 11.4 Å². The second-order valence-electron chi connectivity index (χ2n) is 8.82. The number of benzene rings is 2. The molecule has 34 heavy (non-hydrogen) atoms. The van der Waals surface area contributed by atoms with Crippen molar-refractivity contribution in [2.45, 2.75) is 31.7 Å². The molecule has 1 atom stereocenters. The van der Waals surface area contributed by atoms with E-state index in [4.69, 9.17) is 4.99 Å². The third-order valence-electron chi connectivity index (χ3n) is 6.40. The van der Waals surface area contributed by atoms with Crippen LogP contribution in [0.1, 0.15) is 29.5 Å². The Kier molecular flexibility index (Phi) is 6.36. The molecule has 6 nitrogen and oxygen atoms in total. The number of nitrogens with one attached hydrogen (secondary N) is 1. The maximum absolute atomic E-state index is 13.7. The van der Waals surface area contributed by atoms with E-state index in [-0.39, 0.29) is 5.91 Å². The van der Waals surface area contributed by atoms with E-state index in [1.807, 2.05) is 78.7 Å². The van der Waals surface area contributed by atoms with Gasteiger partial charge in [0.2, 0.25) is 0 Å². The highest BCUT2D eigenvalue weighted by Crippen LogP contribution is 2.27. The first kappa shape index (κ1) is 22.2. The normalized spacial score (nSPS) is 18.8. The van der Waals surface area contributed by atoms with Gasteiger partial charge in [-0.2, -0.15) is 0 Å². The minimum Gasteiger partial charge on any atom is -0.356 e. The molecular formula is C27H28FN5O. The molecule has 2 aromatic carbocycles. The predicted molar refractivity (Wildman–Crippen MR) is 133 cm³/mol. The van der Waals surface area contributed by atoms with Crippen molar-refractivity contribution in [3.05, 3.63) is 89.6 Å². The van der Waals surface area contributed by atoms with Crippen LogP contribution in [0.2, 0.25) is 0 Å². The second-order valence-corrected chi connectivity index (χ2v) is 8.82. The number of hydrogen-bond acceptors (Lipinski definition) is 5. The number of carbonyl (C=O) groups excluding carboxylic acids is 1. The Bertz CT molecular complexity index is 1190. The molecule has 0 spiro atoms. The first-order chi connectivity index (χ1) is 16.6. The molecule has 1 amide bonds. The number of aliphatic imine (C=N–C) groups is 1. The van der Waals surface area contributed by atoms with Crippen LogP contribution in [0, 0.1) is 0 Å². The number of hydrogen-bond donors (Lipinski definition) is 1. The minimum atomic E-state index is -0.742. The molecule has 174 valence electrons. The number of para-hydroxylation sites is 1. The molecule has 2 aliphatic heterocycles. The van der Waals surface area contributed by atoms with E-state index < -0.39 is 12.3 Å². The van der Waals surface area contributed by atoms with Gasteiger partial charge in [0.15, 0.2) is 6.17 Å². The Morgan fingerprint density at radius 1 is 1.03 bits per heavy atom. The molecule has 1 N–H and O–H groups in total. The van der Waals surface area contributed by atoms with Gasteiger partial charge in [-0.15, -0.1) is 0 Å². The maximum atomic E-state index is 13.7. The fraction of sp³-hybridized carbons (Fsp3) is 0.296. The van der Waals surface area contributed by atoms with E-state index in [2.05, 4.69) is 15.2 Å². The molecule has 5 rings (SSSR count). The molecule has 1 aromatic heterocycles. The predicted octanol–water partition coefficient (Wildman–Crippen LogP) is 4.27. The van der Waals surface area contributed by atoms with Crippen LogP contribution in [-0.2, 0) is 11.3 Å². The quantitative estimate of drug-likeness (QED) is 0.622. The summed E-state index contributed by atoms with van der Waals surface area (Å²) >= 11 is 0. The van der Waals surface area contributed by atoms with Crippen LogP contribution in [-0.4, -0.2) is 54.0 Å². The number of amides is 1. The smallest absolute Gasteiger partial charge is 0.264 e. The molecule has 7 heteroatoms. The first-order valence-corrected chi connectivity index (χ1v) is 11.7. The van der Waals surface area contributed by atoms with Gasteiger partial charge in [-0.05, 0) is 32.0 Å². The summed E-state index contributed by atoms with van der Waals surface area (Å²) in [5.74, 6) is 0.676. The van der Waals surface area contributed by atoms with Gasteiger partial charge in [0, 0.05) is 42.5 Å².